The quantitative estimate of drug-likeness (QED) is 0.0441. The number of likely N-dealkylation sites (tertiary alicyclic amines) is 1. The van der Waals surface area contributed by atoms with Crippen LogP contribution in [0.3, 0.4) is 0 Å². The molecule has 0 unspecified atom stereocenters. The van der Waals surface area contributed by atoms with E-state index in [0.29, 0.717) is 23.2 Å². The molecular formula is C51H72N4O3. The zero-order chi connectivity index (χ0) is 41.6. The van der Waals surface area contributed by atoms with E-state index >= 15 is 0 Å². The van der Waals surface area contributed by atoms with Gasteiger partial charge in [-0.05, 0) is 105 Å². The van der Waals surface area contributed by atoms with Crippen molar-refractivity contribution in [3.63, 3.8) is 0 Å². The van der Waals surface area contributed by atoms with Gasteiger partial charge in [-0.15, -0.1) is 0 Å². The van der Waals surface area contributed by atoms with Crippen LogP contribution in [0.25, 0.3) is 38.0 Å². The molecule has 2 saturated heterocycles. The molecule has 58 heavy (non-hydrogen) atoms. The van der Waals surface area contributed by atoms with Crippen LogP contribution in [0.5, 0.6) is 0 Å². The standard InChI is InChI=1S/C42H51N3O3.C9H21N/c1-5-7-8-9-19-43(4)42(48)34-18-17-33-39(36(24-29(3)14-6-2)44-20-10-11-21-44)35-25-30(27-46)15-16-32(35)40-37(45-22-12-13-23-45)26-31(28-47)38(34)41(33)40;1-9(2)7-5-3-4-6-8-10/h15-18,24-28H,5-14,19-23H2,1-4H3;9H,3-8,10H2,1-2H3/b29-24+,39-36+;. The van der Waals surface area contributed by atoms with E-state index < -0.39 is 0 Å². The Morgan fingerprint density at radius 1 is 0.776 bits per heavy atom. The van der Waals surface area contributed by atoms with Crippen molar-refractivity contribution >= 4 is 62.2 Å². The maximum absolute atomic E-state index is 14.3. The minimum absolute atomic E-state index is 0.0490. The number of nitrogens with two attached hydrogens (primary N) is 1. The Bertz CT molecular complexity index is 2090. The summed E-state index contributed by atoms with van der Waals surface area (Å²) in [6.45, 7) is 16.5. The number of benzene rings is 4. The van der Waals surface area contributed by atoms with Crippen molar-refractivity contribution in [2.24, 2.45) is 11.7 Å². The summed E-state index contributed by atoms with van der Waals surface area (Å²) >= 11 is 0. The molecule has 0 radical (unpaired) electrons. The number of aldehydes is 2. The van der Waals surface area contributed by atoms with E-state index in [0.717, 1.165) is 159 Å². The molecule has 7 heteroatoms. The van der Waals surface area contributed by atoms with Crippen molar-refractivity contribution in [2.45, 2.75) is 131 Å². The number of hydrogen-bond donors (Lipinski definition) is 1. The highest BCUT2D eigenvalue weighted by molar-refractivity contribution is 6.31. The van der Waals surface area contributed by atoms with Crippen molar-refractivity contribution in [3.8, 4) is 0 Å². The minimum Gasteiger partial charge on any atom is -0.371 e. The Labute approximate surface area is 349 Å². The fourth-order valence-electron chi connectivity index (χ4n) is 9.14. The maximum Gasteiger partial charge on any atom is 0.254 e. The molecule has 0 aromatic heterocycles. The minimum atomic E-state index is -0.0490. The first-order valence-corrected chi connectivity index (χ1v) is 22.7. The maximum atomic E-state index is 14.3. The van der Waals surface area contributed by atoms with Crippen LogP contribution in [0.4, 0.5) is 5.69 Å². The summed E-state index contributed by atoms with van der Waals surface area (Å²) in [5.41, 5.74) is 10.7. The zero-order valence-corrected chi connectivity index (χ0v) is 36.8. The van der Waals surface area contributed by atoms with Gasteiger partial charge >= 0.3 is 0 Å². The van der Waals surface area contributed by atoms with Gasteiger partial charge in [0, 0.05) is 89.2 Å². The molecule has 2 aliphatic heterocycles. The summed E-state index contributed by atoms with van der Waals surface area (Å²) in [4.78, 5) is 46.3. The average Bonchev–Trinajstić information content (AvgIpc) is 3.98. The Hall–Kier alpha value is -4.23. The summed E-state index contributed by atoms with van der Waals surface area (Å²) in [6.07, 6.45) is 21.8. The molecule has 7 nitrogen and oxygen atoms in total. The number of nitrogens with zero attached hydrogens (tertiary/aromatic N) is 3. The number of hydrogen-bond acceptors (Lipinski definition) is 6. The lowest BCUT2D eigenvalue weighted by Gasteiger charge is -2.27. The van der Waals surface area contributed by atoms with Gasteiger partial charge in [0.1, 0.15) is 6.29 Å². The second-order valence-corrected chi connectivity index (χ2v) is 17.4. The lowest BCUT2D eigenvalue weighted by molar-refractivity contribution is 0.0794. The van der Waals surface area contributed by atoms with E-state index in [9.17, 15) is 14.4 Å². The molecule has 2 heterocycles. The van der Waals surface area contributed by atoms with Crippen molar-refractivity contribution in [1.29, 1.82) is 0 Å². The summed E-state index contributed by atoms with van der Waals surface area (Å²) in [7, 11) is 1.88. The van der Waals surface area contributed by atoms with Gasteiger partial charge in [0.15, 0.2) is 6.29 Å². The average molecular weight is 789 g/mol. The van der Waals surface area contributed by atoms with Crippen molar-refractivity contribution in [2.75, 3.05) is 51.2 Å². The van der Waals surface area contributed by atoms with E-state index in [4.69, 9.17) is 5.73 Å². The number of rotatable bonds is 19. The molecule has 0 saturated carbocycles. The van der Waals surface area contributed by atoms with Gasteiger partial charge in [-0.1, -0.05) is 103 Å². The van der Waals surface area contributed by atoms with Crippen LogP contribution >= 0.6 is 0 Å². The summed E-state index contributed by atoms with van der Waals surface area (Å²) in [6, 6.07) is 12.2. The van der Waals surface area contributed by atoms with Gasteiger partial charge < -0.3 is 20.4 Å². The van der Waals surface area contributed by atoms with E-state index in [2.05, 4.69) is 68.7 Å². The third kappa shape index (κ3) is 10.7. The van der Waals surface area contributed by atoms with Crippen LogP contribution in [-0.4, -0.2) is 74.6 Å². The Balaban J connectivity index is 0.000000567. The highest BCUT2D eigenvalue weighted by Crippen LogP contribution is 2.42. The van der Waals surface area contributed by atoms with Crippen LogP contribution in [0, 0.1) is 5.92 Å². The third-order valence-corrected chi connectivity index (χ3v) is 12.2. The summed E-state index contributed by atoms with van der Waals surface area (Å²) in [5, 5.41) is 7.01. The predicted octanol–water partition coefficient (Wildman–Crippen LogP) is 11.2. The van der Waals surface area contributed by atoms with Crippen molar-refractivity contribution < 1.29 is 14.4 Å². The number of carbonyl (C=O) groups excluding carboxylic acids is 3. The third-order valence-electron chi connectivity index (χ3n) is 12.2. The van der Waals surface area contributed by atoms with E-state index in [1.807, 2.05) is 30.1 Å². The Kier molecular flexibility index (Phi) is 17.2. The van der Waals surface area contributed by atoms with Gasteiger partial charge in [-0.25, -0.2) is 0 Å². The fourth-order valence-corrected chi connectivity index (χ4v) is 9.14. The molecule has 0 atom stereocenters. The lowest BCUT2D eigenvalue weighted by atomic mass is 9.86. The molecule has 0 bridgehead atoms. The highest BCUT2D eigenvalue weighted by Gasteiger charge is 2.27. The summed E-state index contributed by atoms with van der Waals surface area (Å²) in [5.74, 6) is 0.824. The number of anilines is 1. The molecule has 0 spiro atoms. The first kappa shape index (κ1) is 44.9. The van der Waals surface area contributed by atoms with E-state index in [1.165, 1.54) is 43.4 Å². The fraction of sp³-hybridized carbons (Fsp3) is 0.549. The number of amides is 1. The number of allylic oxidation sites excluding steroid dienone is 1. The molecule has 6 rings (SSSR count). The predicted molar refractivity (Wildman–Crippen MR) is 247 cm³/mol. The molecule has 314 valence electrons. The van der Waals surface area contributed by atoms with Crippen LogP contribution in [0.1, 0.15) is 162 Å². The molecule has 2 N–H and O–H groups in total. The normalized spacial score (nSPS) is 15.1. The molecule has 4 aromatic rings. The Morgan fingerprint density at radius 3 is 2.12 bits per heavy atom. The topological polar surface area (TPSA) is 86.9 Å². The number of unbranched alkanes of at least 4 members (excludes halogenated alkanes) is 6. The van der Waals surface area contributed by atoms with Crippen LogP contribution in [0.15, 0.2) is 48.0 Å². The molecule has 4 aromatic carbocycles. The van der Waals surface area contributed by atoms with Gasteiger partial charge in [0.25, 0.3) is 5.91 Å². The highest BCUT2D eigenvalue weighted by atomic mass is 16.2. The van der Waals surface area contributed by atoms with E-state index in [1.54, 1.807) is 0 Å². The van der Waals surface area contributed by atoms with Crippen LogP contribution in [0.2, 0.25) is 0 Å². The SMILES string of the molecule is CC(C)CCCCCCN.CCCCCCN(C)C(=O)c1ccc2/c(=C(/C=C(\C)CCC)N3CCCC3)c3cc(C=O)ccc3c3c(N4CCCC4)cc(C=O)c1c23. The first-order valence-electron chi connectivity index (χ1n) is 22.7. The molecule has 2 fully saturated rings. The second kappa shape index (κ2) is 22.2. The van der Waals surface area contributed by atoms with Gasteiger partial charge in [-0.3, -0.25) is 14.4 Å². The second-order valence-electron chi connectivity index (χ2n) is 17.4. The lowest BCUT2D eigenvalue weighted by Crippen LogP contribution is -2.29. The van der Waals surface area contributed by atoms with Crippen molar-refractivity contribution in [3.05, 3.63) is 70.0 Å². The monoisotopic (exact) mass is 789 g/mol. The van der Waals surface area contributed by atoms with Crippen LogP contribution in [-0.2, 0) is 0 Å². The molecule has 1 amide bonds. The molecular weight excluding hydrogens is 717 g/mol. The number of carbonyl (C=O) groups is 3. The molecule has 2 aliphatic rings. The molecule has 0 aliphatic carbocycles. The van der Waals surface area contributed by atoms with Crippen molar-refractivity contribution in [1.82, 2.24) is 9.80 Å². The van der Waals surface area contributed by atoms with Gasteiger partial charge in [0.2, 0.25) is 0 Å². The Morgan fingerprint density at radius 2 is 1.47 bits per heavy atom. The zero-order valence-electron chi connectivity index (χ0n) is 36.8. The van der Waals surface area contributed by atoms with Crippen LogP contribution < -0.4 is 15.9 Å². The largest absolute Gasteiger partial charge is 0.371 e. The van der Waals surface area contributed by atoms with E-state index in [-0.39, 0.29) is 5.91 Å². The first-order chi connectivity index (χ1) is 28.2. The summed E-state index contributed by atoms with van der Waals surface area (Å²) < 4.78 is 0. The van der Waals surface area contributed by atoms with Gasteiger partial charge in [-0.2, -0.15) is 0 Å². The smallest absolute Gasteiger partial charge is 0.254 e. The number of fused-ring (bicyclic) bond motifs is 2. The van der Waals surface area contributed by atoms with Gasteiger partial charge in [0.05, 0.1) is 0 Å².